The highest BCUT2D eigenvalue weighted by atomic mass is 35.5. The van der Waals surface area contributed by atoms with Crippen LogP contribution in [0.4, 0.5) is 5.69 Å². The second-order valence-electron chi connectivity index (χ2n) is 7.48. The molecule has 2 aromatic carbocycles. The van der Waals surface area contributed by atoms with E-state index < -0.39 is 0 Å². The quantitative estimate of drug-likeness (QED) is 0.604. The molecule has 5 rings (SSSR count). The van der Waals surface area contributed by atoms with Gasteiger partial charge in [-0.1, -0.05) is 41.1 Å². The number of carbonyl (C=O) groups excluding carboxylic acids is 2. The Morgan fingerprint density at radius 2 is 2.00 bits per heavy atom. The number of halogens is 1. The lowest BCUT2D eigenvalue weighted by molar-refractivity contribution is -0.131. The molecule has 1 N–H and O–H groups in total. The largest absolute Gasteiger partial charge is 0.454 e. The van der Waals surface area contributed by atoms with E-state index in [1.807, 2.05) is 23.1 Å². The molecule has 2 amide bonds. The van der Waals surface area contributed by atoms with Crippen LogP contribution in [0.1, 0.15) is 39.3 Å². The highest BCUT2D eigenvalue weighted by molar-refractivity contribution is 7.13. The van der Waals surface area contributed by atoms with Crippen LogP contribution in [-0.4, -0.2) is 40.2 Å². The van der Waals surface area contributed by atoms with Crippen molar-refractivity contribution < 1.29 is 19.1 Å². The van der Waals surface area contributed by atoms with E-state index in [1.165, 1.54) is 11.3 Å². The summed E-state index contributed by atoms with van der Waals surface area (Å²) in [4.78, 5) is 27.4. The minimum absolute atomic E-state index is 0.0119. The molecular weight excluding hydrogens is 452 g/mol. The maximum absolute atomic E-state index is 12.9. The van der Waals surface area contributed by atoms with Crippen molar-refractivity contribution in [3.63, 3.8) is 0 Å². The third-order valence-electron chi connectivity index (χ3n) is 5.42. The standard InChI is InChI=1S/C22H19ClN4O4S/c23-15-5-2-1-4-13(15)10-19(28)27-9-3-6-16(27)21-25-26-22(32-21)20(29)24-14-7-8-17-18(11-14)31-12-30-17/h1-2,4-5,7-8,11,16H,3,6,9-10,12H2,(H,24,29). The number of carbonyl (C=O) groups is 2. The van der Waals surface area contributed by atoms with E-state index in [0.717, 1.165) is 18.4 Å². The molecule has 0 radical (unpaired) electrons. The lowest BCUT2D eigenvalue weighted by atomic mass is 10.1. The number of benzene rings is 2. The number of nitrogens with one attached hydrogen (secondary N) is 1. The zero-order valence-electron chi connectivity index (χ0n) is 16.9. The molecule has 32 heavy (non-hydrogen) atoms. The number of ether oxygens (including phenoxy) is 2. The highest BCUT2D eigenvalue weighted by Crippen LogP contribution is 2.36. The Balaban J connectivity index is 1.27. The maximum atomic E-state index is 12.9. The maximum Gasteiger partial charge on any atom is 0.286 e. The van der Waals surface area contributed by atoms with Crippen LogP contribution in [0.25, 0.3) is 0 Å². The van der Waals surface area contributed by atoms with Crippen LogP contribution in [0.15, 0.2) is 42.5 Å². The topological polar surface area (TPSA) is 93.7 Å². The van der Waals surface area contributed by atoms with Gasteiger partial charge in [-0.15, -0.1) is 10.2 Å². The van der Waals surface area contributed by atoms with E-state index in [0.29, 0.717) is 33.8 Å². The zero-order valence-corrected chi connectivity index (χ0v) is 18.5. The summed E-state index contributed by atoms with van der Waals surface area (Å²) in [6.45, 7) is 0.811. The van der Waals surface area contributed by atoms with Crippen LogP contribution < -0.4 is 14.8 Å². The van der Waals surface area contributed by atoms with Crippen molar-refractivity contribution in [2.75, 3.05) is 18.7 Å². The molecule has 0 spiro atoms. The molecule has 2 aliphatic rings. The Kier molecular flexibility index (Phi) is 5.67. The number of hydrogen-bond acceptors (Lipinski definition) is 7. The molecule has 0 aliphatic carbocycles. The predicted molar refractivity (Wildman–Crippen MR) is 119 cm³/mol. The first-order valence-electron chi connectivity index (χ1n) is 10.2. The first-order valence-corrected chi connectivity index (χ1v) is 11.4. The van der Waals surface area contributed by atoms with Gasteiger partial charge in [0.1, 0.15) is 5.01 Å². The average molecular weight is 471 g/mol. The van der Waals surface area contributed by atoms with Crippen molar-refractivity contribution in [1.82, 2.24) is 15.1 Å². The number of rotatable bonds is 5. The van der Waals surface area contributed by atoms with Crippen molar-refractivity contribution >= 4 is 40.4 Å². The van der Waals surface area contributed by atoms with Gasteiger partial charge in [0.05, 0.1) is 12.5 Å². The number of anilines is 1. The third kappa shape index (κ3) is 4.13. The van der Waals surface area contributed by atoms with E-state index in [2.05, 4.69) is 15.5 Å². The normalized spacial score (nSPS) is 16.9. The molecular formula is C22H19ClN4O4S. The summed E-state index contributed by atoms with van der Waals surface area (Å²) in [7, 11) is 0. The molecule has 0 saturated carbocycles. The van der Waals surface area contributed by atoms with Crippen molar-refractivity contribution in [2.24, 2.45) is 0 Å². The summed E-state index contributed by atoms with van der Waals surface area (Å²) in [5.41, 5.74) is 1.37. The number of fused-ring (bicyclic) bond motifs is 1. The molecule has 164 valence electrons. The van der Waals surface area contributed by atoms with Gasteiger partial charge in [-0.05, 0) is 36.6 Å². The first-order chi connectivity index (χ1) is 15.6. The minimum atomic E-state index is -0.362. The van der Waals surface area contributed by atoms with Gasteiger partial charge in [0.2, 0.25) is 17.7 Å². The zero-order chi connectivity index (χ0) is 22.1. The minimum Gasteiger partial charge on any atom is -0.454 e. The van der Waals surface area contributed by atoms with Crippen LogP contribution >= 0.6 is 22.9 Å². The van der Waals surface area contributed by atoms with Gasteiger partial charge in [0, 0.05) is 23.3 Å². The van der Waals surface area contributed by atoms with Crippen molar-refractivity contribution in [3.8, 4) is 11.5 Å². The fraction of sp³-hybridized carbons (Fsp3) is 0.273. The second-order valence-corrected chi connectivity index (χ2v) is 8.90. The van der Waals surface area contributed by atoms with Gasteiger partial charge in [0.25, 0.3) is 5.91 Å². The fourth-order valence-electron chi connectivity index (χ4n) is 3.85. The molecule has 1 aromatic heterocycles. The van der Waals surface area contributed by atoms with Crippen LogP contribution in [0, 0.1) is 0 Å². The molecule has 1 unspecified atom stereocenters. The van der Waals surface area contributed by atoms with Crippen molar-refractivity contribution in [1.29, 1.82) is 0 Å². The van der Waals surface area contributed by atoms with E-state index >= 15 is 0 Å². The van der Waals surface area contributed by atoms with Gasteiger partial charge < -0.3 is 19.7 Å². The lowest BCUT2D eigenvalue weighted by Crippen LogP contribution is -2.31. The smallest absolute Gasteiger partial charge is 0.286 e. The summed E-state index contributed by atoms with van der Waals surface area (Å²) in [5, 5.41) is 12.6. The molecule has 1 saturated heterocycles. The molecule has 8 nitrogen and oxygen atoms in total. The summed E-state index contributed by atoms with van der Waals surface area (Å²) >= 11 is 7.42. The second kappa shape index (κ2) is 8.76. The molecule has 0 bridgehead atoms. The summed E-state index contributed by atoms with van der Waals surface area (Å²) in [5.74, 6) is 0.852. The summed E-state index contributed by atoms with van der Waals surface area (Å²) in [6.07, 6.45) is 1.89. The number of hydrogen-bond donors (Lipinski definition) is 1. The molecule has 10 heteroatoms. The highest BCUT2D eigenvalue weighted by Gasteiger charge is 2.33. The summed E-state index contributed by atoms with van der Waals surface area (Å²) < 4.78 is 10.6. The number of nitrogens with zero attached hydrogens (tertiary/aromatic N) is 3. The Morgan fingerprint density at radius 3 is 2.88 bits per heavy atom. The van der Waals surface area contributed by atoms with Crippen LogP contribution in [0.2, 0.25) is 5.02 Å². The van der Waals surface area contributed by atoms with E-state index in [-0.39, 0.29) is 36.1 Å². The van der Waals surface area contributed by atoms with E-state index in [4.69, 9.17) is 21.1 Å². The fourth-order valence-corrected chi connectivity index (χ4v) is 4.94. The Morgan fingerprint density at radius 1 is 1.16 bits per heavy atom. The lowest BCUT2D eigenvalue weighted by Gasteiger charge is -2.23. The molecule has 3 heterocycles. The molecule has 2 aliphatic heterocycles. The van der Waals surface area contributed by atoms with Crippen LogP contribution in [0.5, 0.6) is 11.5 Å². The number of likely N-dealkylation sites (tertiary alicyclic amines) is 1. The Hall–Kier alpha value is -3.17. The van der Waals surface area contributed by atoms with E-state index in [1.54, 1.807) is 24.3 Å². The van der Waals surface area contributed by atoms with Gasteiger partial charge in [0.15, 0.2) is 11.5 Å². The number of aromatic nitrogens is 2. The Labute approximate surface area is 193 Å². The van der Waals surface area contributed by atoms with Gasteiger partial charge in [-0.25, -0.2) is 0 Å². The molecule has 1 fully saturated rings. The molecule has 1 atom stereocenters. The summed E-state index contributed by atoms with van der Waals surface area (Å²) in [6, 6.07) is 12.3. The van der Waals surface area contributed by atoms with Crippen molar-refractivity contribution in [2.45, 2.75) is 25.3 Å². The van der Waals surface area contributed by atoms with Crippen LogP contribution in [0.3, 0.4) is 0 Å². The van der Waals surface area contributed by atoms with Gasteiger partial charge >= 0.3 is 0 Å². The van der Waals surface area contributed by atoms with Gasteiger partial charge in [-0.2, -0.15) is 0 Å². The monoisotopic (exact) mass is 470 g/mol. The molecule has 3 aromatic rings. The SMILES string of the molecule is O=C(Nc1ccc2c(c1)OCO2)c1nnc(C2CCCN2C(=O)Cc2ccccc2Cl)s1. The van der Waals surface area contributed by atoms with E-state index in [9.17, 15) is 9.59 Å². The van der Waals surface area contributed by atoms with Crippen LogP contribution in [-0.2, 0) is 11.2 Å². The predicted octanol–water partition coefficient (Wildman–Crippen LogP) is 4.08. The number of amides is 2. The van der Waals surface area contributed by atoms with Gasteiger partial charge in [-0.3, -0.25) is 9.59 Å². The third-order valence-corrected chi connectivity index (χ3v) is 6.82. The average Bonchev–Trinajstić information content (AvgIpc) is 3.54. The Bertz CT molecular complexity index is 1180. The van der Waals surface area contributed by atoms with Crippen molar-refractivity contribution in [3.05, 3.63) is 63.1 Å². The first kappa shape index (κ1) is 20.7.